The van der Waals surface area contributed by atoms with Crippen LogP contribution in [0.1, 0.15) is 44.9 Å². The first-order valence-electron chi connectivity index (χ1n) is 7.04. The molecule has 0 atom stereocenters. The Morgan fingerprint density at radius 1 is 1.12 bits per heavy atom. The van der Waals surface area contributed by atoms with Crippen LogP contribution in [0.3, 0.4) is 0 Å². The molecular formula is C13H25N3O. The van der Waals surface area contributed by atoms with E-state index in [4.69, 9.17) is 5.73 Å². The van der Waals surface area contributed by atoms with Gasteiger partial charge in [0.2, 0.25) is 0 Å². The van der Waals surface area contributed by atoms with Gasteiger partial charge in [-0.1, -0.05) is 0 Å². The molecule has 1 aliphatic carbocycles. The number of carbonyl (C=O) groups is 1. The van der Waals surface area contributed by atoms with Gasteiger partial charge in [0.1, 0.15) is 0 Å². The first-order valence-corrected chi connectivity index (χ1v) is 7.04. The topological polar surface area (TPSA) is 58.4 Å². The van der Waals surface area contributed by atoms with Crippen molar-refractivity contribution in [1.29, 1.82) is 0 Å². The molecule has 4 nitrogen and oxygen atoms in total. The van der Waals surface area contributed by atoms with Crippen molar-refractivity contribution in [3.63, 3.8) is 0 Å². The number of rotatable bonds is 2. The van der Waals surface area contributed by atoms with Gasteiger partial charge >= 0.3 is 6.03 Å². The Balaban J connectivity index is 1.65. The van der Waals surface area contributed by atoms with Crippen molar-refractivity contribution >= 4 is 6.03 Å². The van der Waals surface area contributed by atoms with Gasteiger partial charge in [-0.05, 0) is 50.9 Å². The molecule has 0 radical (unpaired) electrons. The molecule has 1 saturated heterocycles. The summed E-state index contributed by atoms with van der Waals surface area (Å²) in [7, 11) is 0. The highest BCUT2D eigenvalue weighted by molar-refractivity contribution is 5.74. The van der Waals surface area contributed by atoms with Crippen LogP contribution in [0.4, 0.5) is 4.79 Å². The molecule has 17 heavy (non-hydrogen) atoms. The van der Waals surface area contributed by atoms with Crippen LogP contribution < -0.4 is 11.1 Å². The van der Waals surface area contributed by atoms with E-state index in [1.165, 1.54) is 19.3 Å². The highest BCUT2D eigenvalue weighted by Gasteiger charge is 2.21. The molecule has 2 fully saturated rings. The molecule has 1 aliphatic heterocycles. The highest BCUT2D eigenvalue weighted by atomic mass is 16.2. The number of hydrogen-bond acceptors (Lipinski definition) is 2. The zero-order chi connectivity index (χ0) is 12.1. The summed E-state index contributed by atoms with van der Waals surface area (Å²) >= 11 is 0. The maximum atomic E-state index is 11.9. The van der Waals surface area contributed by atoms with Crippen molar-refractivity contribution in [2.45, 2.75) is 51.0 Å². The molecule has 2 amide bonds. The van der Waals surface area contributed by atoms with E-state index < -0.39 is 0 Å². The number of nitrogens with two attached hydrogens (primary N) is 1. The van der Waals surface area contributed by atoms with E-state index in [2.05, 4.69) is 5.32 Å². The predicted molar refractivity (Wildman–Crippen MR) is 68.8 cm³/mol. The van der Waals surface area contributed by atoms with Crippen LogP contribution in [-0.4, -0.2) is 36.6 Å². The van der Waals surface area contributed by atoms with E-state index in [0.717, 1.165) is 45.3 Å². The van der Waals surface area contributed by atoms with Crippen molar-refractivity contribution in [1.82, 2.24) is 10.2 Å². The largest absolute Gasteiger partial charge is 0.338 e. The number of hydrogen-bond donors (Lipinski definition) is 2. The van der Waals surface area contributed by atoms with Gasteiger partial charge in [-0.15, -0.1) is 0 Å². The van der Waals surface area contributed by atoms with Crippen LogP contribution in [-0.2, 0) is 0 Å². The maximum Gasteiger partial charge on any atom is 0.317 e. The molecule has 0 bridgehead atoms. The van der Waals surface area contributed by atoms with Crippen LogP contribution >= 0.6 is 0 Å². The minimum absolute atomic E-state index is 0.138. The summed E-state index contributed by atoms with van der Waals surface area (Å²) in [5.41, 5.74) is 5.87. The normalized spacial score (nSPS) is 30.1. The fraction of sp³-hybridized carbons (Fsp3) is 0.923. The van der Waals surface area contributed by atoms with Gasteiger partial charge in [0, 0.05) is 25.7 Å². The highest BCUT2D eigenvalue weighted by Crippen LogP contribution is 2.22. The molecule has 3 N–H and O–H groups in total. The zero-order valence-corrected chi connectivity index (χ0v) is 10.7. The summed E-state index contributed by atoms with van der Waals surface area (Å²) in [6, 6.07) is 0.531. The van der Waals surface area contributed by atoms with Gasteiger partial charge < -0.3 is 16.0 Å². The van der Waals surface area contributed by atoms with E-state index in [0.29, 0.717) is 12.0 Å². The summed E-state index contributed by atoms with van der Waals surface area (Å²) < 4.78 is 0. The maximum absolute atomic E-state index is 11.9. The molecular weight excluding hydrogens is 214 g/mol. The second-order valence-corrected chi connectivity index (χ2v) is 5.51. The number of piperidine rings is 1. The van der Waals surface area contributed by atoms with E-state index >= 15 is 0 Å². The number of nitrogens with zero attached hydrogens (tertiary/aromatic N) is 1. The van der Waals surface area contributed by atoms with Gasteiger partial charge in [0.05, 0.1) is 0 Å². The summed E-state index contributed by atoms with van der Waals surface area (Å²) in [6.07, 6.45) is 8.15. The molecule has 2 aliphatic rings. The van der Waals surface area contributed by atoms with Crippen molar-refractivity contribution < 1.29 is 4.79 Å². The first kappa shape index (κ1) is 12.7. The molecule has 98 valence electrons. The van der Waals surface area contributed by atoms with Crippen LogP contribution in [0.25, 0.3) is 0 Å². The number of nitrogens with one attached hydrogen (secondary N) is 1. The molecule has 2 rings (SSSR count). The van der Waals surface area contributed by atoms with E-state index in [9.17, 15) is 4.79 Å². The third kappa shape index (κ3) is 3.87. The summed E-state index contributed by atoms with van der Waals surface area (Å²) in [5, 5.41) is 3.08. The molecule has 4 heteroatoms. The standard InChI is InChI=1S/C13H25N3O/c14-12-6-4-11(5-7-12)10-15-13(17)16-8-2-1-3-9-16/h11-12H,1-10,14H2,(H,15,17). The van der Waals surface area contributed by atoms with Crippen LogP contribution in [0.2, 0.25) is 0 Å². The Morgan fingerprint density at radius 3 is 2.41 bits per heavy atom. The molecule has 0 spiro atoms. The lowest BCUT2D eigenvalue weighted by molar-refractivity contribution is 0.182. The Kier molecular flexibility index (Phi) is 4.66. The van der Waals surface area contributed by atoms with Crippen molar-refractivity contribution in [3.8, 4) is 0 Å². The number of likely N-dealkylation sites (tertiary alicyclic amines) is 1. The lowest BCUT2D eigenvalue weighted by atomic mass is 9.86. The van der Waals surface area contributed by atoms with Gasteiger partial charge in [-0.25, -0.2) is 4.79 Å². The quantitative estimate of drug-likeness (QED) is 0.770. The predicted octanol–water partition coefficient (Wildman–Crippen LogP) is 1.70. The smallest absolute Gasteiger partial charge is 0.317 e. The number of urea groups is 1. The summed E-state index contributed by atoms with van der Waals surface area (Å²) in [5.74, 6) is 0.642. The Morgan fingerprint density at radius 2 is 1.76 bits per heavy atom. The molecule has 0 aromatic carbocycles. The first-order chi connectivity index (χ1) is 8.25. The van der Waals surface area contributed by atoms with Crippen LogP contribution in [0.15, 0.2) is 0 Å². The van der Waals surface area contributed by atoms with Gasteiger partial charge in [-0.2, -0.15) is 0 Å². The van der Waals surface area contributed by atoms with Crippen LogP contribution in [0.5, 0.6) is 0 Å². The third-order valence-corrected chi connectivity index (χ3v) is 4.08. The van der Waals surface area contributed by atoms with Gasteiger partial charge in [-0.3, -0.25) is 0 Å². The van der Waals surface area contributed by atoms with E-state index in [1.807, 2.05) is 4.90 Å². The number of carbonyl (C=O) groups excluding carboxylic acids is 1. The molecule has 1 heterocycles. The summed E-state index contributed by atoms with van der Waals surface area (Å²) in [6.45, 7) is 2.70. The molecule has 0 aromatic heterocycles. The second-order valence-electron chi connectivity index (χ2n) is 5.51. The fourth-order valence-electron chi connectivity index (χ4n) is 2.83. The zero-order valence-electron chi connectivity index (χ0n) is 10.7. The van der Waals surface area contributed by atoms with Gasteiger partial charge in [0.25, 0.3) is 0 Å². The van der Waals surface area contributed by atoms with E-state index in [1.54, 1.807) is 0 Å². The van der Waals surface area contributed by atoms with Crippen molar-refractivity contribution in [2.75, 3.05) is 19.6 Å². The minimum Gasteiger partial charge on any atom is -0.338 e. The molecule has 1 saturated carbocycles. The Bertz CT molecular complexity index is 243. The second kappa shape index (κ2) is 6.24. The monoisotopic (exact) mass is 239 g/mol. The lowest BCUT2D eigenvalue weighted by Gasteiger charge is -2.29. The third-order valence-electron chi connectivity index (χ3n) is 4.08. The average Bonchev–Trinajstić information content (AvgIpc) is 2.39. The van der Waals surface area contributed by atoms with Crippen molar-refractivity contribution in [3.05, 3.63) is 0 Å². The SMILES string of the molecule is NC1CCC(CNC(=O)N2CCCCC2)CC1. The average molecular weight is 239 g/mol. The molecule has 0 aromatic rings. The number of amides is 2. The lowest BCUT2D eigenvalue weighted by Crippen LogP contribution is -2.44. The molecule has 0 unspecified atom stereocenters. The van der Waals surface area contributed by atoms with Crippen LogP contribution in [0, 0.1) is 5.92 Å². The van der Waals surface area contributed by atoms with Gasteiger partial charge in [0.15, 0.2) is 0 Å². The summed E-state index contributed by atoms with van der Waals surface area (Å²) in [4.78, 5) is 13.9. The van der Waals surface area contributed by atoms with Crippen molar-refractivity contribution in [2.24, 2.45) is 11.7 Å². The Labute approximate surface area is 104 Å². The minimum atomic E-state index is 0.138. The Hall–Kier alpha value is -0.770. The van der Waals surface area contributed by atoms with E-state index in [-0.39, 0.29) is 6.03 Å². The fourth-order valence-corrected chi connectivity index (χ4v) is 2.83.